The summed E-state index contributed by atoms with van der Waals surface area (Å²) in [7, 11) is 2.12. The Labute approximate surface area is 184 Å². The summed E-state index contributed by atoms with van der Waals surface area (Å²) in [5, 5.41) is 13.9. The minimum absolute atomic E-state index is 0.113. The van der Waals surface area contributed by atoms with Gasteiger partial charge in [0, 0.05) is 55.2 Å². The molecule has 1 saturated heterocycles. The second-order valence-electron chi connectivity index (χ2n) is 7.38. The number of amides is 1. The van der Waals surface area contributed by atoms with E-state index in [0.717, 1.165) is 31.9 Å². The SMILES string of the molecule is CN1CCN(c2ccc(NC(=O)c3ccc(-c4ccc([N+](=O)[O-])cc4Cl)o3)cc2)CC1. The molecule has 1 aromatic heterocycles. The molecule has 1 aliphatic heterocycles. The van der Waals surface area contributed by atoms with Crippen LogP contribution in [0.2, 0.25) is 5.02 Å². The molecule has 0 unspecified atom stereocenters. The largest absolute Gasteiger partial charge is 0.451 e. The lowest BCUT2D eigenvalue weighted by atomic mass is 10.1. The van der Waals surface area contributed by atoms with Crippen molar-refractivity contribution in [3.8, 4) is 11.3 Å². The van der Waals surface area contributed by atoms with Crippen LogP contribution in [0.5, 0.6) is 0 Å². The highest BCUT2D eigenvalue weighted by molar-refractivity contribution is 6.33. The van der Waals surface area contributed by atoms with E-state index >= 15 is 0 Å². The number of likely N-dealkylation sites (N-methyl/N-ethyl adjacent to an activating group) is 1. The smallest absolute Gasteiger partial charge is 0.291 e. The molecule has 1 fully saturated rings. The number of piperazine rings is 1. The summed E-state index contributed by atoms with van der Waals surface area (Å²) in [5.41, 5.74) is 2.15. The van der Waals surface area contributed by atoms with Crippen LogP contribution in [0.4, 0.5) is 17.1 Å². The molecule has 0 saturated carbocycles. The molecule has 0 spiro atoms. The number of nitrogens with one attached hydrogen (secondary N) is 1. The molecule has 3 aromatic rings. The minimum Gasteiger partial charge on any atom is -0.451 e. The first-order chi connectivity index (χ1) is 14.9. The van der Waals surface area contributed by atoms with Gasteiger partial charge in [-0.3, -0.25) is 14.9 Å². The standard InChI is InChI=1S/C22H21ClN4O4/c1-25-10-12-26(13-11-25)16-4-2-15(3-5-16)24-22(28)21-9-8-20(31-21)18-7-6-17(27(29)30)14-19(18)23/h2-9,14H,10-13H2,1H3,(H,24,28). The van der Waals surface area contributed by atoms with E-state index in [0.29, 0.717) is 17.0 Å². The summed E-state index contributed by atoms with van der Waals surface area (Å²) in [6, 6.07) is 14.9. The van der Waals surface area contributed by atoms with Crippen molar-refractivity contribution < 1.29 is 14.1 Å². The van der Waals surface area contributed by atoms with Gasteiger partial charge in [0.25, 0.3) is 11.6 Å². The third-order valence-corrected chi connectivity index (χ3v) is 5.57. The molecule has 8 nitrogen and oxygen atoms in total. The van der Waals surface area contributed by atoms with Crippen LogP contribution in [-0.2, 0) is 0 Å². The van der Waals surface area contributed by atoms with Gasteiger partial charge in [0.1, 0.15) is 5.76 Å². The fourth-order valence-electron chi connectivity index (χ4n) is 3.44. The molecule has 0 atom stereocenters. The summed E-state index contributed by atoms with van der Waals surface area (Å²) in [6.45, 7) is 4.00. The van der Waals surface area contributed by atoms with Crippen LogP contribution < -0.4 is 10.2 Å². The van der Waals surface area contributed by atoms with E-state index in [-0.39, 0.29) is 16.5 Å². The first-order valence-electron chi connectivity index (χ1n) is 9.80. The number of nitro groups is 1. The lowest BCUT2D eigenvalue weighted by Crippen LogP contribution is -2.44. The van der Waals surface area contributed by atoms with Crippen LogP contribution in [0.15, 0.2) is 59.0 Å². The Morgan fingerprint density at radius 2 is 1.77 bits per heavy atom. The number of halogens is 1. The summed E-state index contributed by atoms with van der Waals surface area (Å²) in [5.74, 6) is 0.0830. The van der Waals surface area contributed by atoms with Crippen molar-refractivity contribution in [3.63, 3.8) is 0 Å². The first-order valence-corrected chi connectivity index (χ1v) is 10.2. The Balaban J connectivity index is 1.43. The monoisotopic (exact) mass is 440 g/mol. The summed E-state index contributed by atoms with van der Waals surface area (Å²) in [6.07, 6.45) is 0. The molecule has 0 bridgehead atoms. The van der Waals surface area contributed by atoms with E-state index in [2.05, 4.69) is 22.2 Å². The van der Waals surface area contributed by atoms with Crippen molar-refractivity contribution >= 4 is 34.6 Å². The predicted molar refractivity (Wildman–Crippen MR) is 120 cm³/mol. The zero-order chi connectivity index (χ0) is 22.0. The molecule has 2 aromatic carbocycles. The van der Waals surface area contributed by atoms with E-state index in [9.17, 15) is 14.9 Å². The Hall–Kier alpha value is -3.36. The number of nitro benzene ring substituents is 1. The van der Waals surface area contributed by atoms with Crippen molar-refractivity contribution in [1.29, 1.82) is 0 Å². The quantitative estimate of drug-likeness (QED) is 0.463. The van der Waals surface area contributed by atoms with Gasteiger partial charge in [-0.25, -0.2) is 0 Å². The molecule has 160 valence electrons. The van der Waals surface area contributed by atoms with Gasteiger partial charge in [-0.15, -0.1) is 0 Å². The highest BCUT2D eigenvalue weighted by atomic mass is 35.5. The second kappa shape index (κ2) is 8.79. The van der Waals surface area contributed by atoms with Crippen molar-refractivity contribution in [1.82, 2.24) is 4.90 Å². The van der Waals surface area contributed by atoms with Crippen LogP contribution in [0, 0.1) is 10.1 Å². The number of furan rings is 1. The number of benzene rings is 2. The number of non-ortho nitro benzene ring substituents is 1. The average Bonchev–Trinajstić information content (AvgIpc) is 3.25. The average molecular weight is 441 g/mol. The van der Waals surface area contributed by atoms with Crippen LogP contribution in [-0.4, -0.2) is 49.0 Å². The van der Waals surface area contributed by atoms with Gasteiger partial charge in [0.2, 0.25) is 0 Å². The third-order valence-electron chi connectivity index (χ3n) is 5.25. The number of carbonyl (C=O) groups excluding carboxylic acids is 1. The third kappa shape index (κ3) is 4.70. The van der Waals surface area contributed by atoms with Gasteiger partial charge in [-0.05, 0) is 49.5 Å². The molecule has 0 radical (unpaired) electrons. The van der Waals surface area contributed by atoms with Gasteiger partial charge in [0.05, 0.1) is 9.95 Å². The van der Waals surface area contributed by atoms with E-state index in [1.165, 1.54) is 18.2 Å². The number of hydrogen-bond donors (Lipinski definition) is 1. The van der Waals surface area contributed by atoms with Gasteiger partial charge >= 0.3 is 0 Å². The Kier molecular flexibility index (Phi) is 5.92. The molecule has 1 aliphatic rings. The number of carbonyl (C=O) groups is 1. The highest BCUT2D eigenvalue weighted by Crippen LogP contribution is 2.32. The van der Waals surface area contributed by atoms with Crippen molar-refractivity contribution in [3.05, 3.63) is 75.5 Å². The molecule has 31 heavy (non-hydrogen) atoms. The van der Waals surface area contributed by atoms with Gasteiger partial charge in [-0.2, -0.15) is 0 Å². The molecule has 1 amide bonds. The van der Waals surface area contributed by atoms with E-state index in [1.807, 2.05) is 24.3 Å². The number of anilines is 2. The Morgan fingerprint density at radius 3 is 2.42 bits per heavy atom. The van der Waals surface area contributed by atoms with E-state index < -0.39 is 10.8 Å². The van der Waals surface area contributed by atoms with Gasteiger partial charge < -0.3 is 19.5 Å². The Morgan fingerprint density at radius 1 is 1.06 bits per heavy atom. The van der Waals surface area contributed by atoms with Crippen molar-refractivity contribution in [2.45, 2.75) is 0 Å². The fourth-order valence-corrected chi connectivity index (χ4v) is 3.70. The highest BCUT2D eigenvalue weighted by Gasteiger charge is 2.17. The zero-order valence-corrected chi connectivity index (χ0v) is 17.6. The minimum atomic E-state index is -0.522. The summed E-state index contributed by atoms with van der Waals surface area (Å²) in [4.78, 5) is 27.5. The molecular formula is C22H21ClN4O4. The molecule has 4 rings (SSSR count). The molecular weight excluding hydrogens is 420 g/mol. The normalized spacial score (nSPS) is 14.5. The number of nitrogens with zero attached hydrogens (tertiary/aromatic N) is 3. The summed E-state index contributed by atoms with van der Waals surface area (Å²) < 4.78 is 5.63. The van der Waals surface area contributed by atoms with E-state index in [4.69, 9.17) is 16.0 Å². The summed E-state index contributed by atoms with van der Waals surface area (Å²) >= 11 is 6.14. The van der Waals surface area contributed by atoms with Crippen molar-refractivity contribution in [2.75, 3.05) is 43.4 Å². The lowest BCUT2D eigenvalue weighted by Gasteiger charge is -2.34. The number of rotatable bonds is 5. The maximum Gasteiger partial charge on any atom is 0.291 e. The van der Waals surface area contributed by atoms with Crippen LogP contribution in [0.3, 0.4) is 0 Å². The molecule has 9 heteroatoms. The maximum absolute atomic E-state index is 12.6. The van der Waals surface area contributed by atoms with Crippen molar-refractivity contribution in [2.24, 2.45) is 0 Å². The fraction of sp³-hybridized carbons (Fsp3) is 0.227. The molecule has 1 N–H and O–H groups in total. The van der Waals surface area contributed by atoms with E-state index in [1.54, 1.807) is 12.1 Å². The maximum atomic E-state index is 12.6. The lowest BCUT2D eigenvalue weighted by molar-refractivity contribution is -0.384. The Bertz CT molecular complexity index is 1100. The number of hydrogen-bond acceptors (Lipinski definition) is 6. The van der Waals surface area contributed by atoms with Crippen LogP contribution in [0.25, 0.3) is 11.3 Å². The topological polar surface area (TPSA) is 91.9 Å². The van der Waals surface area contributed by atoms with Gasteiger partial charge in [-0.1, -0.05) is 11.6 Å². The zero-order valence-electron chi connectivity index (χ0n) is 16.9. The predicted octanol–water partition coefficient (Wildman–Crippen LogP) is 4.51. The molecule has 0 aliphatic carbocycles. The van der Waals surface area contributed by atoms with Crippen LogP contribution >= 0.6 is 11.6 Å². The van der Waals surface area contributed by atoms with Crippen LogP contribution in [0.1, 0.15) is 10.6 Å². The molecule has 2 heterocycles. The van der Waals surface area contributed by atoms with Gasteiger partial charge in [0.15, 0.2) is 5.76 Å². The second-order valence-corrected chi connectivity index (χ2v) is 7.78. The first kappa shape index (κ1) is 20.9.